The first-order valence-electron chi connectivity index (χ1n) is 7.01. The van der Waals surface area contributed by atoms with Gasteiger partial charge in [0.25, 0.3) is 0 Å². The van der Waals surface area contributed by atoms with Crippen molar-refractivity contribution in [3.8, 4) is 0 Å². The number of hydrogen-bond acceptors (Lipinski definition) is 3. The zero-order chi connectivity index (χ0) is 13.8. The normalized spacial score (nSPS) is 34.8. The van der Waals surface area contributed by atoms with E-state index in [2.05, 4.69) is 5.32 Å². The Kier molecular flexibility index (Phi) is 4.58. The molecule has 2 atom stereocenters. The van der Waals surface area contributed by atoms with Gasteiger partial charge in [0.2, 0.25) is 5.91 Å². The topological polar surface area (TPSA) is 92.4 Å². The molecule has 0 aliphatic heterocycles. The molecule has 0 radical (unpaired) electrons. The van der Waals surface area contributed by atoms with Gasteiger partial charge >= 0.3 is 5.97 Å². The van der Waals surface area contributed by atoms with Gasteiger partial charge in [-0.3, -0.25) is 9.59 Å². The third-order valence-corrected chi connectivity index (χ3v) is 4.20. The molecular weight excluding hydrogens is 244 g/mol. The second-order valence-electron chi connectivity index (χ2n) is 5.61. The van der Waals surface area contributed by atoms with E-state index >= 15 is 0 Å². The number of aliphatic carboxylic acids is 1. The Balaban J connectivity index is 1.91. The van der Waals surface area contributed by atoms with Gasteiger partial charge in [-0.1, -0.05) is 12.2 Å². The van der Waals surface area contributed by atoms with Gasteiger partial charge in [0.15, 0.2) is 0 Å². The summed E-state index contributed by atoms with van der Waals surface area (Å²) >= 11 is 0. The molecule has 106 valence electrons. The lowest BCUT2D eigenvalue weighted by Crippen LogP contribution is -2.45. The Morgan fingerprint density at radius 3 is 2.21 bits per heavy atom. The number of nitrogens with two attached hydrogens (primary N) is 1. The maximum Gasteiger partial charge on any atom is 0.307 e. The highest BCUT2D eigenvalue weighted by atomic mass is 16.4. The van der Waals surface area contributed by atoms with Gasteiger partial charge < -0.3 is 16.2 Å². The average Bonchev–Trinajstić information content (AvgIpc) is 2.41. The smallest absolute Gasteiger partial charge is 0.307 e. The van der Waals surface area contributed by atoms with Crippen LogP contribution in [0, 0.1) is 11.8 Å². The monoisotopic (exact) mass is 266 g/mol. The number of carboxylic acid groups (broad SMARTS) is 1. The second kappa shape index (κ2) is 6.19. The molecule has 1 amide bonds. The SMILES string of the molecule is NC1CCC(NC(=O)C2CC=CCC2C(=O)O)CC1. The molecule has 1 saturated carbocycles. The molecule has 2 aliphatic carbocycles. The van der Waals surface area contributed by atoms with E-state index in [-0.39, 0.29) is 18.0 Å². The lowest BCUT2D eigenvalue weighted by atomic mass is 9.82. The first kappa shape index (κ1) is 14.1. The first-order valence-corrected chi connectivity index (χ1v) is 7.01. The van der Waals surface area contributed by atoms with Crippen LogP contribution in [0.15, 0.2) is 12.2 Å². The van der Waals surface area contributed by atoms with Crippen LogP contribution in [-0.4, -0.2) is 29.1 Å². The Labute approximate surface area is 113 Å². The van der Waals surface area contributed by atoms with E-state index in [0.29, 0.717) is 12.8 Å². The van der Waals surface area contributed by atoms with Gasteiger partial charge in [0.1, 0.15) is 0 Å². The minimum atomic E-state index is -0.879. The van der Waals surface area contributed by atoms with E-state index in [0.717, 1.165) is 25.7 Å². The number of rotatable bonds is 3. The summed E-state index contributed by atoms with van der Waals surface area (Å²) in [5.74, 6) is -2.01. The summed E-state index contributed by atoms with van der Waals surface area (Å²) in [4.78, 5) is 23.4. The van der Waals surface area contributed by atoms with Gasteiger partial charge in [-0.25, -0.2) is 0 Å². The molecule has 0 aromatic heterocycles. The van der Waals surface area contributed by atoms with Crippen LogP contribution in [-0.2, 0) is 9.59 Å². The van der Waals surface area contributed by atoms with Crippen molar-refractivity contribution in [3.63, 3.8) is 0 Å². The molecule has 0 heterocycles. The van der Waals surface area contributed by atoms with Gasteiger partial charge in [-0.2, -0.15) is 0 Å². The van der Waals surface area contributed by atoms with Crippen molar-refractivity contribution < 1.29 is 14.7 Å². The summed E-state index contributed by atoms with van der Waals surface area (Å²) in [7, 11) is 0. The lowest BCUT2D eigenvalue weighted by Gasteiger charge is -2.30. The Hall–Kier alpha value is -1.36. The molecule has 19 heavy (non-hydrogen) atoms. The first-order chi connectivity index (χ1) is 9.08. The Morgan fingerprint density at radius 1 is 1.05 bits per heavy atom. The fourth-order valence-corrected chi connectivity index (χ4v) is 2.95. The van der Waals surface area contributed by atoms with Crippen molar-refractivity contribution >= 4 is 11.9 Å². The largest absolute Gasteiger partial charge is 0.481 e. The number of amides is 1. The van der Waals surface area contributed by atoms with E-state index in [4.69, 9.17) is 10.8 Å². The van der Waals surface area contributed by atoms with Crippen LogP contribution >= 0.6 is 0 Å². The van der Waals surface area contributed by atoms with E-state index in [1.165, 1.54) is 0 Å². The number of nitrogens with one attached hydrogen (secondary N) is 1. The molecular formula is C14H22N2O3. The van der Waals surface area contributed by atoms with Crippen LogP contribution < -0.4 is 11.1 Å². The number of hydrogen-bond donors (Lipinski definition) is 3. The van der Waals surface area contributed by atoms with Crippen LogP contribution in [0.4, 0.5) is 0 Å². The molecule has 0 spiro atoms. The van der Waals surface area contributed by atoms with Crippen molar-refractivity contribution in [2.45, 2.75) is 50.6 Å². The predicted octanol–water partition coefficient (Wildman–Crippen LogP) is 1.04. The summed E-state index contributed by atoms with van der Waals surface area (Å²) in [5, 5.41) is 12.2. The molecule has 2 rings (SSSR count). The van der Waals surface area contributed by atoms with Gasteiger partial charge in [-0.05, 0) is 38.5 Å². The van der Waals surface area contributed by atoms with Crippen LogP contribution in [0.1, 0.15) is 38.5 Å². The van der Waals surface area contributed by atoms with Crippen molar-refractivity contribution in [3.05, 3.63) is 12.2 Å². The molecule has 2 unspecified atom stereocenters. The van der Waals surface area contributed by atoms with E-state index < -0.39 is 17.8 Å². The lowest BCUT2D eigenvalue weighted by molar-refractivity contribution is -0.147. The summed E-state index contributed by atoms with van der Waals surface area (Å²) in [5.41, 5.74) is 5.83. The van der Waals surface area contributed by atoms with E-state index in [1.807, 2.05) is 12.2 Å². The number of carboxylic acids is 1. The maximum absolute atomic E-state index is 12.2. The quantitative estimate of drug-likeness (QED) is 0.665. The molecule has 0 saturated heterocycles. The molecule has 5 heteroatoms. The summed E-state index contributed by atoms with van der Waals surface area (Å²) < 4.78 is 0. The molecule has 5 nitrogen and oxygen atoms in total. The highest BCUT2D eigenvalue weighted by molar-refractivity contribution is 5.85. The Bertz CT molecular complexity index is 373. The van der Waals surface area contributed by atoms with E-state index in [1.54, 1.807) is 0 Å². The van der Waals surface area contributed by atoms with Crippen molar-refractivity contribution in [2.75, 3.05) is 0 Å². The predicted molar refractivity (Wildman–Crippen MR) is 71.4 cm³/mol. The second-order valence-corrected chi connectivity index (χ2v) is 5.61. The molecule has 0 aromatic rings. The van der Waals surface area contributed by atoms with Crippen LogP contribution in [0.3, 0.4) is 0 Å². The van der Waals surface area contributed by atoms with Crippen LogP contribution in [0.5, 0.6) is 0 Å². The number of carbonyl (C=O) groups excluding carboxylic acids is 1. The third kappa shape index (κ3) is 3.56. The van der Waals surface area contributed by atoms with Crippen molar-refractivity contribution in [1.82, 2.24) is 5.32 Å². The zero-order valence-corrected chi connectivity index (χ0v) is 11.0. The molecule has 2 aliphatic rings. The highest BCUT2D eigenvalue weighted by Gasteiger charge is 2.35. The van der Waals surface area contributed by atoms with Gasteiger partial charge in [-0.15, -0.1) is 0 Å². The Morgan fingerprint density at radius 2 is 1.63 bits per heavy atom. The van der Waals surface area contributed by atoms with Crippen molar-refractivity contribution in [2.24, 2.45) is 17.6 Å². The number of allylic oxidation sites excluding steroid dienone is 2. The average molecular weight is 266 g/mol. The van der Waals surface area contributed by atoms with Gasteiger partial charge in [0.05, 0.1) is 11.8 Å². The fraction of sp³-hybridized carbons (Fsp3) is 0.714. The molecule has 4 N–H and O–H groups in total. The van der Waals surface area contributed by atoms with Crippen molar-refractivity contribution in [1.29, 1.82) is 0 Å². The minimum absolute atomic E-state index is 0.114. The number of carbonyl (C=O) groups is 2. The summed E-state index contributed by atoms with van der Waals surface area (Å²) in [6.07, 6.45) is 8.37. The fourth-order valence-electron chi connectivity index (χ4n) is 2.95. The standard InChI is InChI=1S/C14H22N2O3/c15-9-5-7-10(8-6-9)16-13(17)11-3-1-2-4-12(11)14(18)19/h1-2,9-12H,3-8,15H2,(H,16,17)(H,18,19). The zero-order valence-electron chi connectivity index (χ0n) is 11.0. The molecule has 0 aromatic carbocycles. The third-order valence-electron chi connectivity index (χ3n) is 4.20. The van der Waals surface area contributed by atoms with Crippen LogP contribution in [0.25, 0.3) is 0 Å². The van der Waals surface area contributed by atoms with Crippen LogP contribution in [0.2, 0.25) is 0 Å². The summed E-state index contributed by atoms with van der Waals surface area (Å²) in [6, 6.07) is 0.408. The summed E-state index contributed by atoms with van der Waals surface area (Å²) in [6.45, 7) is 0. The minimum Gasteiger partial charge on any atom is -0.481 e. The van der Waals surface area contributed by atoms with Gasteiger partial charge in [0, 0.05) is 12.1 Å². The highest BCUT2D eigenvalue weighted by Crippen LogP contribution is 2.27. The maximum atomic E-state index is 12.2. The molecule has 1 fully saturated rings. The molecule has 0 bridgehead atoms. The van der Waals surface area contributed by atoms with E-state index in [9.17, 15) is 9.59 Å².